The average molecular weight is 281 g/mol. The number of rotatable bonds is 5. The molecule has 0 radical (unpaired) electrons. The number of hydrogen-bond acceptors (Lipinski definition) is 2. The first-order valence-corrected chi connectivity index (χ1v) is 6.50. The maximum Gasteiger partial charge on any atom is 0.406 e. The van der Waals surface area contributed by atoms with Crippen molar-refractivity contribution in [2.45, 2.75) is 58.4 Å². The highest BCUT2D eigenvalue weighted by molar-refractivity contribution is 5.78. The molecule has 3 nitrogen and oxygen atoms in total. The number of ether oxygens (including phenoxy) is 1. The fraction of sp³-hybridized carbons (Fsp3) is 0.923. The van der Waals surface area contributed by atoms with Crippen LogP contribution in [-0.2, 0) is 9.53 Å². The van der Waals surface area contributed by atoms with Gasteiger partial charge in [-0.1, -0.05) is 0 Å². The second-order valence-corrected chi connectivity index (χ2v) is 6.12. The fourth-order valence-electron chi connectivity index (χ4n) is 1.85. The predicted octanol–water partition coefficient (Wildman–Crippen LogP) is 2.99. The summed E-state index contributed by atoms with van der Waals surface area (Å²) in [6, 6.07) is -0.377. The Bertz CT molecular complexity index is 319. The number of carbonyl (C=O) groups excluding carboxylic acids is 1. The number of carbonyl (C=O) groups is 1. The van der Waals surface area contributed by atoms with Gasteiger partial charge in [-0.05, 0) is 46.5 Å². The van der Waals surface area contributed by atoms with Gasteiger partial charge >= 0.3 is 6.18 Å². The lowest BCUT2D eigenvalue weighted by molar-refractivity contribution is -0.171. The molecule has 0 heterocycles. The summed E-state index contributed by atoms with van der Waals surface area (Å²) in [5.41, 5.74) is -0.539. The molecule has 1 aliphatic carbocycles. The summed E-state index contributed by atoms with van der Waals surface area (Å²) in [7, 11) is 0. The van der Waals surface area contributed by atoms with Gasteiger partial charge in [0.05, 0.1) is 5.60 Å². The monoisotopic (exact) mass is 281 g/mol. The molecule has 0 bridgehead atoms. The Morgan fingerprint density at radius 1 is 1.32 bits per heavy atom. The molecule has 112 valence electrons. The average Bonchev–Trinajstić information content (AvgIpc) is 3.02. The zero-order valence-corrected chi connectivity index (χ0v) is 11.9. The van der Waals surface area contributed by atoms with E-state index in [2.05, 4.69) is 0 Å². The second-order valence-electron chi connectivity index (χ2n) is 6.12. The molecule has 0 saturated heterocycles. The Labute approximate surface area is 112 Å². The third-order valence-electron chi connectivity index (χ3n) is 3.09. The molecular formula is C13H22F3NO2. The van der Waals surface area contributed by atoms with E-state index < -0.39 is 24.2 Å². The minimum atomic E-state index is -4.37. The van der Waals surface area contributed by atoms with Crippen LogP contribution in [0.5, 0.6) is 0 Å². The van der Waals surface area contributed by atoms with Gasteiger partial charge in [-0.15, -0.1) is 0 Å². The molecule has 0 spiro atoms. The molecule has 1 atom stereocenters. The van der Waals surface area contributed by atoms with Crippen LogP contribution in [0.2, 0.25) is 0 Å². The van der Waals surface area contributed by atoms with E-state index in [0.29, 0.717) is 0 Å². The molecule has 0 aromatic rings. The van der Waals surface area contributed by atoms with Crippen LogP contribution in [0.3, 0.4) is 0 Å². The Balaban J connectivity index is 2.64. The summed E-state index contributed by atoms with van der Waals surface area (Å²) in [6.45, 7) is 5.46. The Hall–Kier alpha value is -0.780. The van der Waals surface area contributed by atoms with Gasteiger partial charge in [0.15, 0.2) is 0 Å². The van der Waals surface area contributed by atoms with Crippen LogP contribution >= 0.6 is 0 Å². The lowest BCUT2D eigenvalue weighted by Gasteiger charge is -2.31. The molecule has 6 heteroatoms. The first-order valence-electron chi connectivity index (χ1n) is 6.50. The van der Waals surface area contributed by atoms with Gasteiger partial charge < -0.3 is 9.64 Å². The quantitative estimate of drug-likeness (QED) is 0.775. The Morgan fingerprint density at radius 2 is 1.84 bits per heavy atom. The summed E-state index contributed by atoms with van der Waals surface area (Å²) in [6.07, 6.45) is -2.59. The first-order chi connectivity index (χ1) is 8.49. The third-order valence-corrected chi connectivity index (χ3v) is 3.09. The zero-order chi connectivity index (χ0) is 14.8. The number of alkyl halides is 3. The van der Waals surface area contributed by atoms with Crippen molar-refractivity contribution < 1.29 is 22.7 Å². The molecule has 0 N–H and O–H groups in total. The SMILES string of the molecule is CC(C1CC1)N(CC(F)(F)F)C(=O)COC(C)(C)C. The van der Waals surface area contributed by atoms with Crippen LogP contribution in [0.15, 0.2) is 0 Å². The number of halogens is 3. The summed E-state index contributed by atoms with van der Waals surface area (Å²) < 4.78 is 42.9. The predicted molar refractivity (Wildman–Crippen MR) is 65.7 cm³/mol. The lowest BCUT2D eigenvalue weighted by Crippen LogP contribution is -2.47. The van der Waals surface area contributed by atoms with E-state index in [4.69, 9.17) is 4.74 Å². The van der Waals surface area contributed by atoms with E-state index in [1.54, 1.807) is 27.7 Å². The van der Waals surface area contributed by atoms with Crippen molar-refractivity contribution in [1.29, 1.82) is 0 Å². The van der Waals surface area contributed by atoms with Crippen LogP contribution < -0.4 is 0 Å². The van der Waals surface area contributed by atoms with Gasteiger partial charge in [0.2, 0.25) is 5.91 Å². The smallest absolute Gasteiger partial charge is 0.366 e. The van der Waals surface area contributed by atoms with Crippen LogP contribution in [0.25, 0.3) is 0 Å². The topological polar surface area (TPSA) is 29.5 Å². The van der Waals surface area contributed by atoms with E-state index in [1.807, 2.05) is 0 Å². The van der Waals surface area contributed by atoms with Gasteiger partial charge in [-0.25, -0.2) is 0 Å². The molecule has 1 saturated carbocycles. The lowest BCUT2D eigenvalue weighted by atomic mass is 10.1. The molecule has 1 unspecified atom stereocenters. The molecule has 19 heavy (non-hydrogen) atoms. The summed E-state index contributed by atoms with van der Waals surface area (Å²) in [5, 5.41) is 0. The highest BCUT2D eigenvalue weighted by atomic mass is 19.4. The molecule has 0 aromatic carbocycles. The summed E-state index contributed by atoms with van der Waals surface area (Å²) in [5.74, 6) is -0.396. The number of hydrogen-bond donors (Lipinski definition) is 0. The highest BCUT2D eigenvalue weighted by Gasteiger charge is 2.40. The summed E-state index contributed by atoms with van der Waals surface area (Å²) >= 11 is 0. The molecule has 1 amide bonds. The molecule has 1 rings (SSSR count). The maximum atomic E-state index is 12.5. The minimum Gasteiger partial charge on any atom is -0.366 e. The van der Waals surface area contributed by atoms with Crippen molar-refractivity contribution in [3.8, 4) is 0 Å². The zero-order valence-electron chi connectivity index (χ0n) is 11.9. The second kappa shape index (κ2) is 5.69. The van der Waals surface area contributed by atoms with Gasteiger partial charge in [-0.3, -0.25) is 4.79 Å². The van der Waals surface area contributed by atoms with Crippen molar-refractivity contribution in [3.05, 3.63) is 0 Å². The van der Waals surface area contributed by atoms with Crippen molar-refractivity contribution >= 4 is 5.91 Å². The summed E-state index contributed by atoms with van der Waals surface area (Å²) in [4.78, 5) is 12.8. The highest BCUT2D eigenvalue weighted by Crippen LogP contribution is 2.36. The fourth-order valence-corrected chi connectivity index (χ4v) is 1.85. The van der Waals surface area contributed by atoms with Gasteiger partial charge in [0.25, 0.3) is 0 Å². The Morgan fingerprint density at radius 3 is 2.21 bits per heavy atom. The maximum absolute atomic E-state index is 12.5. The van der Waals surface area contributed by atoms with E-state index >= 15 is 0 Å². The van der Waals surface area contributed by atoms with E-state index in [0.717, 1.165) is 17.7 Å². The molecule has 0 aromatic heterocycles. The van der Waals surface area contributed by atoms with Gasteiger partial charge in [0, 0.05) is 6.04 Å². The van der Waals surface area contributed by atoms with Crippen LogP contribution in [0.4, 0.5) is 13.2 Å². The van der Waals surface area contributed by atoms with Gasteiger partial charge in [0.1, 0.15) is 13.2 Å². The third kappa shape index (κ3) is 6.27. The van der Waals surface area contributed by atoms with Crippen LogP contribution in [-0.4, -0.2) is 41.8 Å². The van der Waals surface area contributed by atoms with Crippen molar-refractivity contribution in [2.75, 3.05) is 13.2 Å². The van der Waals surface area contributed by atoms with Crippen molar-refractivity contribution in [2.24, 2.45) is 5.92 Å². The van der Waals surface area contributed by atoms with Gasteiger partial charge in [-0.2, -0.15) is 13.2 Å². The molecule has 1 aliphatic rings. The number of nitrogens with zero attached hydrogens (tertiary/aromatic N) is 1. The first kappa shape index (κ1) is 16.3. The van der Waals surface area contributed by atoms with E-state index in [1.165, 1.54) is 0 Å². The van der Waals surface area contributed by atoms with Crippen LogP contribution in [0.1, 0.15) is 40.5 Å². The largest absolute Gasteiger partial charge is 0.406 e. The standard InChI is InChI=1S/C13H22F3NO2/c1-9(10-5-6-10)17(8-13(14,15)16)11(18)7-19-12(2,3)4/h9-10H,5-8H2,1-4H3. The van der Waals surface area contributed by atoms with Crippen molar-refractivity contribution in [3.63, 3.8) is 0 Å². The molecule has 1 fully saturated rings. The molecule has 0 aliphatic heterocycles. The van der Waals surface area contributed by atoms with Crippen molar-refractivity contribution in [1.82, 2.24) is 4.90 Å². The van der Waals surface area contributed by atoms with Crippen LogP contribution in [0, 0.1) is 5.92 Å². The van der Waals surface area contributed by atoms with E-state index in [-0.39, 0.29) is 18.6 Å². The minimum absolute atomic E-state index is 0.195. The van der Waals surface area contributed by atoms with E-state index in [9.17, 15) is 18.0 Å². The number of amides is 1. The molecular weight excluding hydrogens is 259 g/mol. The normalized spacial score (nSPS) is 18.3. The Kier molecular flexibility index (Phi) is 4.87.